The highest BCUT2D eigenvalue weighted by molar-refractivity contribution is 5.87. The molecular formula is C21H27NO5. The topological polar surface area (TPSA) is 77.8 Å². The highest BCUT2D eigenvalue weighted by atomic mass is 16.5. The van der Waals surface area contributed by atoms with E-state index in [2.05, 4.69) is 20.8 Å². The maximum absolute atomic E-state index is 12.4. The van der Waals surface area contributed by atoms with Crippen LogP contribution >= 0.6 is 0 Å². The van der Waals surface area contributed by atoms with Crippen LogP contribution in [0.15, 0.2) is 34.7 Å². The summed E-state index contributed by atoms with van der Waals surface area (Å²) in [6, 6.07) is 1.60. The van der Waals surface area contributed by atoms with E-state index in [-0.39, 0.29) is 23.4 Å². The zero-order valence-electron chi connectivity index (χ0n) is 16.3. The monoisotopic (exact) mass is 373 g/mol. The van der Waals surface area contributed by atoms with Crippen LogP contribution in [-0.4, -0.2) is 29.4 Å². The third-order valence-electron chi connectivity index (χ3n) is 5.62. The number of carbonyl (C=O) groups is 1. The molecule has 0 spiro atoms. The molecule has 3 unspecified atom stereocenters. The number of hydrogen-bond acceptors (Lipinski definition) is 4. The summed E-state index contributed by atoms with van der Waals surface area (Å²) in [5.41, 5.74) is 1.15. The van der Waals surface area contributed by atoms with Gasteiger partial charge in [-0.1, -0.05) is 20.8 Å². The van der Waals surface area contributed by atoms with Crippen LogP contribution in [0.1, 0.15) is 62.1 Å². The van der Waals surface area contributed by atoms with Crippen LogP contribution in [0.25, 0.3) is 5.57 Å². The first-order valence-corrected chi connectivity index (χ1v) is 9.55. The van der Waals surface area contributed by atoms with Crippen molar-refractivity contribution in [2.24, 2.45) is 11.8 Å². The number of aromatic nitrogens is 1. The summed E-state index contributed by atoms with van der Waals surface area (Å²) >= 11 is 0. The fourth-order valence-electron chi connectivity index (χ4n) is 4.18. The molecule has 2 heterocycles. The molecule has 146 valence electrons. The van der Waals surface area contributed by atoms with Gasteiger partial charge in [0, 0.05) is 29.9 Å². The number of nitrogens with zero attached hydrogens (tertiary/aromatic N) is 1. The second kappa shape index (κ2) is 7.62. The molecule has 0 radical (unpaired) electrons. The molecular weight excluding hydrogens is 346 g/mol. The third kappa shape index (κ3) is 3.29. The number of pyridine rings is 1. The van der Waals surface area contributed by atoms with Crippen molar-refractivity contribution in [3.63, 3.8) is 0 Å². The van der Waals surface area contributed by atoms with E-state index in [1.165, 1.54) is 12.3 Å². The lowest BCUT2D eigenvalue weighted by atomic mass is 9.73. The number of allylic oxidation sites excluding steroid dienone is 3. The van der Waals surface area contributed by atoms with Crippen LogP contribution in [0.4, 0.5) is 0 Å². The van der Waals surface area contributed by atoms with Crippen LogP contribution in [0.5, 0.6) is 0 Å². The van der Waals surface area contributed by atoms with Crippen LogP contribution < -0.4 is 5.43 Å². The van der Waals surface area contributed by atoms with Gasteiger partial charge in [-0.05, 0) is 36.8 Å². The number of carboxylic acids is 1. The Balaban J connectivity index is 2.18. The zero-order valence-corrected chi connectivity index (χ0v) is 16.3. The largest absolute Gasteiger partial charge is 0.494 e. The van der Waals surface area contributed by atoms with Crippen molar-refractivity contribution in [3.05, 3.63) is 51.3 Å². The van der Waals surface area contributed by atoms with Crippen LogP contribution in [-0.2, 0) is 9.47 Å². The number of methoxy groups -OCH3 is 1. The standard InChI is InChI=1S/C21H27NO5/c1-5-7-27-20-12(3)14-8-13(6-2)22-11-16(21(24)25)18(23)10-17(22)15(14)9-19(20)26-4/h9-14H,5-8H2,1-4H3,(H,24,25). The van der Waals surface area contributed by atoms with Gasteiger partial charge in [0.25, 0.3) is 0 Å². The normalized spacial score (nSPS) is 24.0. The number of carboxylic acid groups (broad SMARTS) is 1. The summed E-state index contributed by atoms with van der Waals surface area (Å²) < 4.78 is 13.5. The van der Waals surface area contributed by atoms with Crippen molar-refractivity contribution < 1.29 is 19.4 Å². The Hall–Kier alpha value is -2.50. The highest BCUT2D eigenvalue weighted by Gasteiger charge is 2.39. The lowest BCUT2D eigenvalue weighted by Crippen LogP contribution is -2.34. The third-order valence-corrected chi connectivity index (χ3v) is 5.62. The van der Waals surface area contributed by atoms with Crippen molar-refractivity contribution in [2.45, 2.75) is 46.1 Å². The van der Waals surface area contributed by atoms with Gasteiger partial charge >= 0.3 is 5.97 Å². The molecule has 0 bridgehead atoms. The highest BCUT2D eigenvalue weighted by Crippen LogP contribution is 2.48. The first kappa shape index (κ1) is 19.3. The molecule has 0 amide bonds. The molecule has 0 fully saturated rings. The first-order valence-electron chi connectivity index (χ1n) is 9.55. The average Bonchev–Trinajstić information content (AvgIpc) is 2.65. The molecule has 1 N–H and O–H groups in total. The second-order valence-electron chi connectivity index (χ2n) is 7.22. The molecule has 0 aromatic carbocycles. The Morgan fingerprint density at radius 1 is 1.37 bits per heavy atom. The number of ether oxygens (including phenoxy) is 2. The fraction of sp³-hybridized carbons (Fsp3) is 0.524. The van der Waals surface area contributed by atoms with Crippen molar-refractivity contribution in [3.8, 4) is 0 Å². The van der Waals surface area contributed by atoms with Gasteiger partial charge in [0.15, 0.2) is 11.2 Å². The van der Waals surface area contributed by atoms with Crippen molar-refractivity contribution in [2.75, 3.05) is 13.7 Å². The molecule has 2 aliphatic rings. The van der Waals surface area contributed by atoms with Crippen molar-refractivity contribution >= 4 is 11.5 Å². The van der Waals surface area contributed by atoms with Crippen molar-refractivity contribution in [1.82, 2.24) is 4.57 Å². The van der Waals surface area contributed by atoms with E-state index in [1.54, 1.807) is 7.11 Å². The minimum atomic E-state index is -1.19. The molecule has 1 aliphatic heterocycles. The predicted octanol–water partition coefficient (Wildman–Crippen LogP) is 3.84. The summed E-state index contributed by atoms with van der Waals surface area (Å²) in [5.74, 6) is 0.685. The van der Waals surface area contributed by atoms with E-state index in [1.807, 2.05) is 10.6 Å². The van der Waals surface area contributed by atoms with Gasteiger partial charge in [-0.3, -0.25) is 4.79 Å². The van der Waals surface area contributed by atoms with E-state index < -0.39 is 11.4 Å². The summed E-state index contributed by atoms with van der Waals surface area (Å²) in [6.07, 6.45) is 6.09. The molecule has 3 atom stereocenters. The maximum atomic E-state index is 12.4. The van der Waals surface area contributed by atoms with Gasteiger partial charge in [0.1, 0.15) is 11.3 Å². The summed E-state index contributed by atoms with van der Waals surface area (Å²) in [5, 5.41) is 9.33. The SMILES string of the molecule is CCCOC1=C(OC)C=C2c3cc(=O)c(C(=O)O)cn3C(CC)CC2C1C. The molecule has 3 rings (SSSR count). The van der Waals surface area contributed by atoms with Crippen LogP contribution in [0.2, 0.25) is 0 Å². The van der Waals surface area contributed by atoms with Crippen LogP contribution in [0.3, 0.4) is 0 Å². The Bertz CT molecular complexity index is 864. The molecule has 1 aromatic rings. The fourth-order valence-corrected chi connectivity index (χ4v) is 4.18. The van der Waals surface area contributed by atoms with E-state index in [4.69, 9.17) is 9.47 Å². The molecule has 27 heavy (non-hydrogen) atoms. The Morgan fingerprint density at radius 3 is 2.70 bits per heavy atom. The first-order chi connectivity index (χ1) is 12.9. The number of rotatable bonds is 6. The average molecular weight is 373 g/mol. The van der Waals surface area contributed by atoms with Gasteiger partial charge in [-0.2, -0.15) is 0 Å². The van der Waals surface area contributed by atoms with E-state index >= 15 is 0 Å². The second-order valence-corrected chi connectivity index (χ2v) is 7.22. The van der Waals surface area contributed by atoms with Gasteiger partial charge < -0.3 is 19.1 Å². The summed E-state index contributed by atoms with van der Waals surface area (Å²) in [7, 11) is 1.62. The smallest absolute Gasteiger partial charge is 0.341 e. The zero-order chi connectivity index (χ0) is 19.7. The van der Waals surface area contributed by atoms with Crippen molar-refractivity contribution in [1.29, 1.82) is 0 Å². The van der Waals surface area contributed by atoms with Crippen LogP contribution in [0, 0.1) is 11.8 Å². The molecule has 0 saturated carbocycles. The minimum Gasteiger partial charge on any atom is -0.494 e. The van der Waals surface area contributed by atoms with E-state index in [0.29, 0.717) is 12.4 Å². The maximum Gasteiger partial charge on any atom is 0.341 e. The molecule has 0 saturated heterocycles. The summed E-state index contributed by atoms with van der Waals surface area (Å²) in [6.45, 7) is 6.92. The quantitative estimate of drug-likeness (QED) is 0.820. The lowest BCUT2D eigenvalue weighted by molar-refractivity contribution is 0.0694. The van der Waals surface area contributed by atoms with Gasteiger partial charge in [0.2, 0.25) is 0 Å². The summed E-state index contributed by atoms with van der Waals surface area (Å²) in [4.78, 5) is 23.8. The van der Waals surface area contributed by atoms with Gasteiger partial charge in [-0.15, -0.1) is 0 Å². The van der Waals surface area contributed by atoms with Gasteiger partial charge in [-0.25, -0.2) is 4.79 Å². The number of fused-ring (bicyclic) bond motifs is 3. The van der Waals surface area contributed by atoms with Gasteiger partial charge in [0.05, 0.1) is 13.7 Å². The molecule has 6 nitrogen and oxygen atoms in total. The Labute approximate surface area is 159 Å². The lowest BCUT2D eigenvalue weighted by Gasteiger charge is -2.41. The molecule has 1 aromatic heterocycles. The predicted molar refractivity (Wildman–Crippen MR) is 103 cm³/mol. The van der Waals surface area contributed by atoms with E-state index in [0.717, 1.165) is 36.3 Å². The molecule has 6 heteroatoms. The minimum absolute atomic E-state index is 0.128. The van der Waals surface area contributed by atoms with E-state index in [9.17, 15) is 14.7 Å². The Morgan fingerprint density at radius 2 is 2.11 bits per heavy atom. The Kier molecular flexibility index (Phi) is 5.44. The molecule has 1 aliphatic carbocycles. The number of hydrogen-bond donors (Lipinski definition) is 1. The number of aromatic carboxylic acids is 1.